The van der Waals surface area contributed by atoms with E-state index in [9.17, 15) is 54.0 Å². The van der Waals surface area contributed by atoms with Gasteiger partial charge in [-0.05, 0) is 60.2 Å². The lowest BCUT2D eigenvalue weighted by atomic mass is 9.95. The molecule has 0 spiro atoms. The zero-order chi connectivity index (χ0) is 48.1. The van der Waals surface area contributed by atoms with Crippen LogP contribution < -0.4 is 42.4 Å². The summed E-state index contributed by atoms with van der Waals surface area (Å²) in [5.74, 6) is -6.60. The Labute approximate surface area is 377 Å². The predicted octanol–water partition coefficient (Wildman–Crippen LogP) is -0.0916. The van der Waals surface area contributed by atoms with Crippen LogP contribution in [0.3, 0.4) is 0 Å². The quantitative estimate of drug-likeness (QED) is 0.0503. The van der Waals surface area contributed by atoms with E-state index in [2.05, 4.69) is 31.9 Å². The van der Waals surface area contributed by atoms with Crippen molar-refractivity contribution in [1.29, 1.82) is 0 Å². The van der Waals surface area contributed by atoms with Crippen molar-refractivity contribution in [2.24, 2.45) is 17.6 Å². The van der Waals surface area contributed by atoms with E-state index < -0.39 is 96.8 Å². The molecule has 3 aromatic carbocycles. The average Bonchev–Trinajstić information content (AvgIpc) is 3.28. The summed E-state index contributed by atoms with van der Waals surface area (Å²) in [6.07, 6.45) is 2.59. The fourth-order valence-corrected chi connectivity index (χ4v) is 6.24. The molecular formula is C46H61N7O12. The number of carboxylic acids is 1. The molecule has 0 saturated heterocycles. The molecule has 65 heavy (non-hydrogen) atoms. The lowest BCUT2D eigenvalue weighted by molar-refractivity contribution is -0.142. The van der Waals surface area contributed by atoms with E-state index in [-0.39, 0.29) is 37.5 Å². The standard InChI is InChI=1S/C46H61N7O12/c1-27(9-8-12-30-10-6-5-7-11-30)35(47)23-39(57)50-38(26-54)44(61)53-41(29(3)55)45(62)51-36(21-32-15-19-34(65-4)20-16-32)43(60)49-25-40(58)48-24-28(2)42(59)52-37(46(63)64)22-31-13-17-33(56)18-14-31/h5-8,10-20,27-29,35-38,41,54-56H,9,21-26,47H2,1-4H3,(H,48,58)(H,49,60)(H,50,57)(H,51,62)(H,52,59)(H,53,61)(H,63,64)/t27?,28?,29?,35?,36-,37-,38-,41+/m1/s1. The number of aliphatic carboxylic acids is 1. The summed E-state index contributed by atoms with van der Waals surface area (Å²) in [5, 5.41) is 54.3. The molecule has 8 atom stereocenters. The fraction of sp³-hybridized carbons (Fsp3) is 0.413. The van der Waals surface area contributed by atoms with Crippen molar-refractivity contribution in [1.82, 2.24) is 31.9 Å². The fourth-order valence-electron chi connectivity index (χ4n) is 6.24. The number of allylic oxidation sites excluding steroid dienone is 1. The number of nitrogens with two attached hydrogens (primary N) is 1. The van der Waals surface area contributed by atoms with Crippen molar-refractivity contribution in [2.45, 2.75) is 82.8 Å². The van der Waals surface area contributed by atoms with Crippen LogP contribution in [0.25, 0.3) is 6.08 Å². The van der Waals surface area contributed by atoms with Gasteiger partial charge in [-0.25, -0.2) is 4.79 Å². The van der Waals surface area contributed by atoms with E-state index >= 15 is 0 Å². The van der Waals surface area contributed by atoms with Crippen LogP contribution in [-0.2, 0) is 46.4 Å². The number of amides is 6. The van der Waals surface area contributed by atoms with Gasteiger partial charge in [0.05, 0.1) is 32.3 Å². The minimum atomic E-state index is -1.67. The zero-order valence-corrected chi connectivity index (χ0v) is 36.9. The van der Waals surface area contributed by atoms with Crippen molar-refractivity contribution in [3.8, 4) is 11.5 Å². The summed E-state index contributed by atoms with van der Waals surface area (Å²) in [4.78, 5) is 90.8. The van der Waals surface area contributed by atoms with E-state index in [0.717, 1.165) is 5.56 Å². The molecule has 0 radical (unpaired) electrons. The van der Waals surface area contributed by atoms with Gasteiger partial charge in [0, 0.05) is 31.8 Å². The highest BCUT2D eigenvalue weighted by Crippen LogP contribution is 2.15. The largest absolute Gasteiger partial charge is 0.508 e. The number of carboxylic acid groups (broad SMARTS) is 1. The predicted molar refractivity (Wildman–Crippen MR) is 240 cm³/mol. The van der Waals surface area contributed by atoms with Gasteiger partial charge in [0.1, 0.15) is 35.7 Å². The number of nitrogens with one attached hydrogen (secondary N) is 6. The van der Waals surface area contributed by atoms with Crippen molar-refractivity contribution >= 4 is 47.5 Å². The Kier molecular flexibility index (Phi) is 21.6. The summed E-state index contributed by atoms with van der Waals surface area (Å²) < 4.78 is 5.19. The minimum Gasteiger partial charge on any atom is -0.508 e. The molecule has 4 unspecified atom stereocenters. The van der Waals surface area contributed by atoms with Gasteiger partial charge in [-0.1, -0.05) is 80.6 Å². The van der Waals surface area contributed by atoms with E-state index in [1.165, 1.54) is 45.2 Å². The third-order valence-electron chi connectivity index (χ3n) is 10.4. The van der Waals surface area contributed by atoms with Gasteiger partial charge in [-0.3, -0.25) is 28.8 Å². The SMILES string of the molecule is COc1ccc(C[C@@H](NC(=O)[C@@H](NC(=O)[C@@H](CO)NC(=O)CC(N)C(C)CC=Cc2ccccc2)C(C)O)C(=O)NCC(=O)NCC(C)C(=O)N[C@H](Cc2ccc(O)cc2)C(=O)O)cc1. The Morgan fingerprint density at radius 1 is 0.708 bits per heavy atom. The summed E-state index contributed by atoms with van der Waals surface area (Å²) in [6, 6.07) is 15.6. The second kappa shape index (κ2) is 26.7. The van der Waals surface area contributed by atoms with Crippen LogP contribution in [0.2, 0.25) is 0 Å². The molecule has 0 fully saturated rings. The lowest BCUT2D eigenvalue weighted by Crippen LogP contribution is -2.60. The number of phenolic OH excluding ortho intramolecular Hbond substituents is 1. The van der Waals surface area contributed by atoms with Gasteiger partial charge in [-0.15, -0.1) is 0 Å². The number of aliphatic hydroxyl groups is 2. The number of aliphatic hydroxyl groups excluding tert-OH is 2. The molecule has 352 valence electrons. The van der Waals surface area contributed by atoms with Gasteiger partial charge in [0.25, 0.3) is 0 Å². The number of phenols is 1. The number of methoxy groups -OCH3 is 1. The number of hydrogen-bond donors (Lipinski definition) is 11. The van der Waals surface area contributed by atoms with Crippen molar-refractivity contribution in [3.05, 3.63) is 102 Å². The van der Waals surface area contributed by atoms with Gasteiger partial charge in [0.15, 0.2) is 0 Å². The molecule has 0 saturated carbocycles. The van der Waals surface area contributed by atoms with E-state index in [1.54, 1.807) is 24.3 Å². The molecule has 3 rings (SSSR count). The first-order valence-electron chi connectivity index (χ1n) is 21.0. The highest BCUT2D eigenvalue weighted by molar-refractivity contribution is 5.95. The number of benzene rings is 3. The molecule has 0 bridgehead atoms. The molecule has 0 aromatic heterocycles. The van der Waals surface area contributed by atoms with Gasteiger partial charge >= 0.3 is 5.97 Å². The Hall–Kier alpha value is -6.83. The van der Waals surface area contributed by atoms with E-state index in [0.29, 0.717) is 23.3 Å². The van der Waals surface area contributed by atoms with E-state index in [1.807, 2.05) is 49.4 Å². The zero-order valence-electron chi connectivity index (χ0n) is 36.9. The van der Waals surface area contributed by atoms with Crippen LogP contribution in [-0.4, -0.2) is 125 Å². The van der Waals surface area contributed by atoms with Crippen LogP contribution >= 0.6 is 0 Å². The first-order chi connectivity index (χ1) is 30.9. The second-order valence-electron chi connectivity index (χ2n) is 15.7. The third kappa shape index (κ3) is 18.4. The number of rotatable bonds is 26. The van der Waals surface area contributed by atoms with Crippen molar-refractivity contribution in [2.75, 3.05) is 26.8 Å². The molecule has 19 heteroatoms. The smallest absolute Gasteiger partial charge is 0.326 e. The third-order valence-corrected chi connectivity index (χ3v) is 10.4. The maximum Gasteiger partial charge on any atom is 0.326 e. The van der Waals surface area contributed by atoms with Gasteiger partial charge < -0.3 is 62.8 Å². The number of carbonyl (C=O) groups excluding carboxylic acids is 6. The highest BCUT2D eigenvalue weighted by atomic mass is 16.5. The van der Waals surface area contributed by atoms with Crippen LogP contribution in [0.5, 0.6) is 11.5 Å². The minimum absolute atomic E-state index is 0.00225. The maximum atomic E-state index is 13.6. The summed E-state index contributed by atoms with van der Waals surface area (Å²) in [5.41, 5.74) is 8.40. The molecule has 0 aliphatic rings. The van der Waals surface area contributed by atoms with Gasteiger partial charge in [0.2, 0.25) is 35.4 Å². The number of hydrogen-bond acceptors (Lipinski definition) is 12. The monoisotopic (exact) mass is 903 g/mol. The van der Waals surface area contributed by atoms with E-state index in [4.69, 9.17) is 10.5 Å². The molecule has 0 heterocycles. The Bertz CT molecular complexity index is 2070. The molecule has 0 aliphatic carbocycles. The Morgan fingerprint density at radius 2 is 1.31 bits per heavy atom. The molecule has 12 N–H and O–H groups in total. The first-order valence-corrected chi connectivity index (χ1v) is 21.0. The molecule has 0 aliphatic heterocycles. The van der Waals surface area contributed by atoms with Crippen molar-refractivity contribution in [3.63, 3.8) is 0 Å². The molecule has 3 aromatic rings. The number of ether oxygens (including phenoxy) is 1. The second-order valence-corrected chi connectivity index (χ2v) is 15.7. The summed E-state index contributed by atoms with van der Waals surface area (Å²) in [7, 11) is 1.47. The van der Waals surface area contributed by atoms with Crippen LogP contribution in [0, 0.1) is 11.8 Å². The van der Waals surface area contributed by atoms with Crippen LogP contribution in [0.1, 0.15) is 50.3 Å². The summed E-state index contributed by atoms with van der Waals surface area (Å²) in [6.45, 7) is 2.89. The molecule has 6 amide bonds. The lowest BCUT2D eigenvalue weighted by Gasteiger charge is -2.26. The Morgan fingerprint density at radius 3 is 1.89 bits per heavy atom. The van der Waals surface area contributed by atoms with Crippen molar-refractivity contribution < 1.29 is 58.7 Å². The van der Waals surface area contributed by atoms with Crippen LogP contribution in [0.15, 0.2) is 84.9 Å². The van der Waals surface area contributed by atoms with Crippen LogP contribution in [0.4, 0.5) is 0 Å². The van der Waals surface area contributed by atoms with Gasteiger partial charge in [-0.2, -0.15) is 0 Å². The topological polar surface area (TPSA) is 308 Å². The number of aromatic hydroxyl groups is 1. The summed E-state index contributed by atoms with van der Waals surface area (Å²) >= 11 is 0. The molecule has 19 nitrogen and oxygen atoms in total. The normalized spacial score (nSPS) is 14.8. The maximum absolute atomic E-state index is 13.6. The number of carbonyl (C=O) groups is 7. The molecular weight excluding hydrogens is 843 g/mol. The highest BCUT2D eigenvalue weighted by Gasteiger charge is 2.33. The average molecular weight is 904 g/mol. The Balaban J connectivity index is 1.60. The first kappa shape index (κ1) is 52.5.